The van der Waals surface area contributed by atoms with Crippen LogP contribution in [0.25, 0.3) is 11.1 Å². The van der Waals surface area contributed by atoms with Crippen LogP contribution in [-0.2, 0) is 21.6 Å². The Bertz CT molecular complexity index is 1140. The number of carbonyl (C=O) groups excluding carboxylic acids is 2. The second-order valence-corrected chi connectivity index (χ2v) is 10.6. The number of nitrogens with one attached hydrogen (secondary N) is 1. The van der Waals surface area contributed by atoms with Crippen molar-refractivity contribution in [3.63, 3.8) is 0 Å². The van der Waals surface area contributed by atoms with Crippen LogP contribution in [0, 0.1) is 5.92 Å². The van der Waals surface area contributed by atoms with E-state index in [9.17, 15) is 14.7 Å². The monoisotopic (exact) mass is 543 g/mol. The number of primary amides is 1. The third kappa shape index (κ3) is 6.42. The molecule has 2 aliphatic heterocycles. The number of benzene rings is 2. The SMILES string of the molecule is CNCCCC(=O)N1CCC[C@@H]([C@@](O)(CCCOC(N)=O)c2cccc(Cl)c2-c2ccc3c(c2)OCC3)C1. The zero-order valence-corrected chi connectivity index (χ0v) is 22.8. The molecular weight excluding hydrogens is 506 g/mol. The van der Waals surface area contributed by atoms with Crippen LogP contribution in [0.5, 0.6) is 5.75 Å². The summed E-state index contributed by atoms with van der Waals surface area (Å²) in [7, 11) is 1.87. The smallest absolute Gasteiger partial charge is 0.404 e. The van der Waals surface area contributed by atoms with Crippen LogP contribution in [0.3, 0.4) is 0 Å². The van der Waals surface area contributed by atoms with Gasteiger partial charge < -0.3 is 30.5 Å². The Balaban J connectivity index is 1.68. The van der Waals surface area contributed by atoms with Crippen LogP contribution in [-0.4, -0.2) is 61.9 Å². The predicted molar refractivity (Wildman–Crippen MR) is 147 cm³/mol. The van der Waals surface area contributed by atoms with Crippen LogP contribution in [0.2, 0.25) is 5.02 Å². The van der Waals surface area contributed by atoms with Gasteiger partial charge in [0.1, 0.15) is 5.75 Å². The third-order valence-electron chi connectivity index (χ3n) is 7.68. The molecule has 2 amide bonds. The molecule has 8 nitrogen and oxygen atoms in total. The molecule has 0 unspecified atom stereocenters. The van der Waals surface area contributed by atoms with Crippen molar-refractivity contribution < 1.29 is 24.2 Å². The Hall–Kier alpha value is -2.81. The number of ether oxygens (including phenoxy) is 2. The van der Waals surface area contributed by atoms with Gasteiger partial charge in [-0.3, -0.25) is 4.79 Å². The molecule has 2 aliphatic rings. The Morgan fingerprint density at radius 3 is 2.92 bits per heavy atom. The van der Waals surface area contributed by atoms with Crippen LogP contribution in [0.15, 0.2) is 36.4 Å². The molecule has 0 spiro atoms. The van der Waals surface area contributed by atoms with Gasteiger partial charge in [-0.25, -0.2) is 4.79 Å². The van der Waals surface area contributed by atoms with Crippen molar-refractivity contribution in [1.82, 2.24) is 10.2 Å². The van der Waals surface area contributed by atoms with Gasteiger partial charge in [0.05, 0.1) is 18.8 Å². The number of piperidine rings is 1. The molecule has 2 atom stereocenters. The summed E-state index contributed by atoms with van der Waals surface area (Å²) in [5, 5.41) is 16.2. The molecule has 38 heavy (non-hydrogen) atoms. The molecule has 9 heteroatoms. The van der Waals surface area contributed by atoms with Crippen LogP contribution >= 0.6 is 11.6 Å². The molecule has 206 valence electrons. The maximum absolute atomic E-state index is 13.0. The lowest BCUT2D eigenvalue weighted by atomic mass is 9.72. The first kappa shape index (κ1) is 28.2. The quantitative estimate of drug-likeness (QED) is 0.365. The molecule has 4 N–H and O–H groups in total. The summed E-state index contributed by atoms with van der Waals surface area (Å²) in [5.41, 5.74) is 7.33. The summed E-state index contributed by atoms with van der Waals surface area (Å²) in [5.74, 6) is 0.718. The van der Waals surface area contributed by atoms with Gasteiger partial charge in [-0.1, -0.05) is 35.9 Å². The van der Waals surface area contributed by atoms with E-state index in [1.807, 2.05) is 42.3 Å². The number of amides is 2. The number of hydrogen-bond acceptors (Lipinski definition) is 6. The number of halogens is 1. The van der Waals surface area contributed by atoms with E-state index in [0.717, 1.165) is 54.7 Å². The fourth-order valence-electron chi connectivity index (χ4n) is 5.74. The highest BCUT2D eigenvalue weighted by Crippen LogP contribution is 2.46. The van der Waals surface area contributed by atoms with Gasteiger partial charge in [-0.15, -0.1) is 0 Å². The van der Waals surface area contributed by atoms with E-state index in [4.69, 9.17) is 26.8 Å². The molecule has 0 saturated carbocycles. The first-order valence-corrected chi connectivity index (χ1v) is 13.8. The lowest BCUT2D eigenvalue weighted by molar-refractivity contribution is -0.136. The van der Waals surface area contributed by atoms with Gasteiger partial charge in [-0.2, -0.15) is 0 Å². The highest BCUT2D eigenvalue weighted by molar-refractivity contribution is 6.33. The first-order valence-electron chi connectivity index (χ1n) is 13.5. The highest BCUT2D eigenvalue weighted by Gasteiger charge is 2.43. The third-order valence-corrected chi connectivity index (χ3v) is 7.99. The minimum atomic E-state index is -1.31. The lowest BCUT2D eigenvalue weighted by Gasteiger charge is -2.44. The number of nitrogens with two attached hydrogens (primary N) is 1. The number of rotatable bonds is 11. The average Bonchev–Trinajstić information content (AvgIpc) is 3.39. The van der Waals surface area contributed by atoms with E-state index in [1.54, 1.807) is 0 Å². The van der Waals surface area contributed by atoms with Crippen LogP contribution < -0.4 is 15.8 Å². The molecule has 1 saturated heterocycles. The van der Waals surface area contributed by atoms with Crippen molar-refractivity contribution in [3.8, 4) is 16.9 Å². The van der Waals surface area contributed by atoms with E-state index in [-0.39, 0.29) is 18.4 Å². The Morgan fingerprint density at radius 1 is 1.29 bits per heavy atom. The van der Waals surface area contributed by atoms with Gasteiger partial charge in [0.15, 0.2) is 0 Å². The van der Waals surface area contributed by atoms with Crippen LogP contribution in [0.4, 0.5) is 4.79 Å². The molecule has 0 aromatic heterocycles. The Morgan fingerprint density at radius 2 is 2.13 bits per heavy atom. The van der Waals surface area contributed by atoms with Gasteiger partial charge in [-0.05, 0) is 74.5 Å². The molecule has 0 aliphatic carbocycles. The minimum absolute atomic E-state index is 0.0968. The lowest BCUT2D eigenvalue weighted by Crippen LogP contribution is -2.48. The summed E-state index contributed by atoms with van der Waals surface area (Å²) in [6, 6.07) is 11.6. The summed E-state index contributed by atoms with van der Waals surface area (Å²) in [6.45, 7) is 2.66. The van der Waals surface area contributed by atoms with Crippen molar-refractivity contribution >= 4 is 23.6 Å². The highest BCUT2D eigenvalue weighted by atomic mass is 35.5. The number of nitrogens with zero attached hydrogens (tertiary/aromatic N) is 1. The van der Waals surface area contributed by atoms with Gasteiger partial charge in [0, 0.05) is 42.4 Å². The first-order chi connectivity index (χ1) is 18.3. The van der Waals surface area contributed by atoms with Crippen molar-refractivity contribution in [3.05, 3.63) is 52.5 Å². The average molecular weight is 544 g/mol. The molecular formula is C29H38ClN3O5. The molecule has 2 aromatic rings. The number of carbonyl (C=O) groups is 2. The largest absolute Gasteiger partial charge is 0.493 e. The van der Waals surface area contributed by atoms with Crippen LogP contribution in [0.1, 0.15) is 49.7 Å². The van der Waals surface area contributed by atoms with Crippen molar-refractivity contribution in [2.45, 2.75) is 50.5 Å². The van der Waals surface area contributed by atoms with E-state index in [1.165, 1.54) is 0 Å². The Kier molecular flexibility index (Phi) is 9.52. The number of aliphatic hydroxyl groups is 1. The Labute approximate surface area is 229 Å². The van der Waals surface area contributed by atoms with Gasteiger partial charge >= 0.3 is 6.09 Å². The van der Waals surface area contributed by atoms with E-state index in [0.29, 0.717) is 49.5 Å². The normalized spacial score (nSPS) is 18.4. The van der Waals surface area contributed by atoms with Crippen molar-refractivity contribution in [2.75, 3.05) is 39.9 Å². The fourth-order valence-corrected chi connectivity index (χ4v) is 6.02. The topological polar surface area (TPSA) is 114 Å². The van der Waals surface area contributed by atoms with E-state index < -0.39 is 11.7 Å². The summed E-state index contributed by atoms with van der Waals surface area (Å²) < 4.78 is 10.8. The molecule has 2 aromatic carbocycles. The second-order valence-electron chi connectivity index (χ2n) is 10.2. The maximum atomic E-state index is 13.0. The van der Waals surface area contributed by atoms with Gasteiger partial charge in [0.25, 0.3) is 0 Å². The number of fused-ring (bicyclic) bond motifs is 1. The number of hydrogen-bond donors (Lipinski definition) is 3. The predicted octanol–water partition coefficient (Wildman–Crippen LogP) is 4.24. The summed E-state index contributed by atoms with van der Waals surface area (Å²) in [4.78, 5) is 26.0. The van der Waals surface area contributed by atoms with Crippen molar-refractivity contribution in [1.29, 1.82) is 0 Å². The second kappa shape index (κ2) is 12.8. The summed E-state index contributed by atoms with van der Waals surface area (Å²) >= 11 is 6.80. The number of likely N-dealkylation sites (tertiary alicyclic amines) is 1. The van der Waals surface area contributed by atoms with Crippen molar-refractivity contribution in [2.24, 2.45) is 11.7 Å². The zero-order valence-electron chi connectivity index (χ0n) is 22.0. The standard InChI is InChI=1S/C29H38ClN3O5/c1-32-14-3-9-26(34)33-15-4-6-22(19-33)29(36,13-5-16-38-28(31)35)23-7-2-8-24(30)27(23)21-11-10-20-12-17-37-25(20)18-21/h2,7-8,10-11,18,22,32,36H,3-6,9,12-17,19H2,1H3,(H2,31,35)/t22-,29+/m1/s1. The van der Waals surface area contributed by atoms with E-state index in [2.05, 4.69) is 11.4 Å². The zero-order chi connectivity index (χ0) is 27.1. The molecule has 0 bridgehead atoms. The molecule has 4 rings (SSSR count). The van der Waals surface area contributed by atoms with E-state index >= 15 is 0 Å². The van der Waals surface area contributed by atoms with Gasteiger partial charge in [0.2, 0.25) is 5.91 Å². The maximum Gasteiger partial charge on any atom is 0.404 e. The fraction of sp³-hybridized carbons (Fsp3) is 0.517. The molecule has 2 heterocycles. The summed E-state index contributed by atoms with van der Waals surface area (Å²) in [6.07, 6.45) is 3.55. The molecule has 1 fully saturated rings. The molecule has 0 radical (unpaired) electrons. The minimum Gasteiger partial charge on any atom is -0.493 e.